The number of benzene rings is 1. The Hall–Kier alpha value is -1.79. The third kappa shape index (κ3) is 3.65. The van der Waals surface area contributed by atoms with Gasteiger partial charge in [-0.2, -0.15) is 0 Å². The van der Waals surface area contributed by atoms with Crippen LogP contribution in [0.1, 0.15) is 17.3 Å². The molecule has 114 valence electrons. The van der Waals surface area contributed by atoms with Crippen molar-refractivity contribution in [3.8, 4) is 0 Å². The molecule has 0 saturated carbocycles. The predicted molar refractivity (Wildman–Crippen MR) is 81.1 cm³/mol. The van der Waals surface area contributed by atoms with Gasteiger partial charge < -0.3 is 20.2 Å². The van der Waals surface area contributed by atoms with Gasteiger partial charge in [-0.3, -0.25) is 0 Å². The highest BCUT2D eigenvalue weighted by molar-refractivity contribution is 6.33. The number of rotatable bonds is 2. The summed E-state index contributed by atoms with van der Waals surface area (Å²) in [6.07, 6.45) is 0. The lowest BCUT2D eigenvalue weighted by molar-refractivity contribution is 0.0697. The summed E-state index contributed by atoms with van der Waals surface area (Å²) in [6.45, 7) is 4.21. The predicted octanol–water partition coefficient (Wildman–Crippen LogP) is 2.21. The number of carbonyl (C=O) groups excluding carboxylic acids is 1. The van der Waals surface area contributed by atoms with Gasteiger partial charge in [0.1, 0.15) is 0 Å². The molecule has 6 nitrogen and oxygen atoms in total. The van der Waals surface area contributed by atoms with E-state index in [1.807, 2.05) is 7.05 Å². The van der Waals surface area contributed by atoms with Crippen LogP contribution < -0.4 is 5.32 Å². The number of hydrogen-bond donors (Lipinski definition) is 2. The average Bonchev–Trinajstić information content (AvgIpc) is 2.41. The summed E-state index contributed by atoms with van der Waals surface area (Å²) >= 11 is 5.88. The Kier molecular flexibility index (Phi) is 4.69. The number of piperazine rings is 1. The van der Waals surface area contributed by atoms with E-state index in [1.54, 1.807) is 4.90 Å². The monoisotopic (exact) mass is 311 g/mol. The van der Waals surface area contributed by atoms with Gasteiger partial charge in [-0.15, -0.1) is 0 Å². The van der Waals surface area contributed by atoms with Crippen molar-refractivity contribution < 1.29 is 14.7 Å². The molecule has 0 bridgehead atoms. The van der Waals surface area contributed by atoms with Crippen LogP contribution >= 0.6 is 11.6 Å². The van der Waals surface area contributed by atoms with Crippen LogP contribution in [0.4, 0.5) is 10.5 Å². The van der Waals surface area contributed by atoms with Gasteiger partial charge in [0.15, 0.2) is 0 Å². The van der Waals surface area contributed by atoms with Crippen LogP contribution in [0.25, 0.3) is 0 Å². The zero-order chi connectivity index (χ0) is 15.6. The standard InChI is InChI=1S/C14H18ClN3O3/c1-9-8-18(6-5-17(9)2)14(21)16-10-3-4-11(13(19)20)12(15)7-10/h3-4,7,9H,5-6,8H2,1-2H3,(H,16,21)(H,19,20). The largest absolute Gasteiger partial charge is 0.478 e. The number of likely N-dealkylation sites (N-methyl/N-ethyl adjacent to an activating group) is 1. The molecular weight excluding hydrogens is 294 g/mol. The maximum absolute atomic E-state index is 12.2. The highest BCUT2D eigenvalue weighted by atomic mass is 35.5. The Bertz CT molecular complexity index is 564. The van der Waals surface area contributed by atoms with Gasteiger partial charge in [0.25, 0.3) is 0 Å². The molecular formula is C14H18ClN3O3. The molecule has 0 aromatic heterocycles. The van der Waals surface area contributed by atoms with Crippen molar-refractivity contribution in [3.05, 3.63) is 28.8 Å². The van der Waals surface area contributed by atoms with Crippen molar-refractivity contribution in [1.82, 2.24) is 9.80 Å². The first-order valence-electron chi connectivity index (χ1n) is 6.67. The number of carboxylic acid groups (broad SMARTS) is 1. The van der Waals surface area contributed by atoms with E-state index < -0.39 is 5.97 Å². The number of carboxylic acids is 1. The fraction of sp³-hybridized carbons (Fsp3) is 0.429. The second kappa shape index (κ2) is 6.32. The Labute approximate surface area is 128 Å². The Balaban J connectivity index is 2.03. The highest BCUT2D eigenvalue weighted by Crippen LogP contribution is 2.21. The highest BCUT2D eigenvalue weighted by Gasteiger charge is 2.24. The lowest BCUT2D eigenvalue weighted by atomic mass is 10.2. The number of nitrogens with one attached hydrogen (secondary N) is 1. The molecule has 0 spiro atoms. The molecule has 1 heterocycles. The van der Waals surface area contributed by atoms with Crippen LogP contribution in [0.15, 0.2) is 18.2 Å². The van der Waals surface area contributed by atoms with Crippen LogP contribution in [0.3, 0.4) is 0 Å². The first-order valence-corrected chi connectivity index (χ1v) is 7.05. The second-order valence-corrected chi connectivity index (χ2v) is 5.61. The number of carbonyl (C=O) groups is 2. The zero-order valence-electron chi connectivity index (χ0n) is 12.0. The summed E-state index contributed by atoms with van der Waals surface area (Å²) < 4.78 is 0. The molecule has 0 aliphatic carbocycles. The first kappa shape index (κ1) is 15.6. The van der Waals surface area contributed by atoms with Crippen LogP contribution in [-0.2, 0) is 0 Å². The first-order chi connectivity index (χ1) is 9.88. The fourth-order valence-corrected chi connectivity index (χ4v) is 2.46. The minimum absolute atomic E-state index is 0.0166. The van der Waals surface area contributed by atoms with Crippen molar-refractivity contribution in [2.45, 2.75) is 13.0 Å². The van der Waals surface area contributed by atoms with E-state index in [0.717, 1.165) is 6.54 Å². The third-order valence-corrected chi connectivity index (χ3v) is 4.01. The van der Waals surface area contributed by atoms with E-state index in [9.17, 15) is 9.59 Å². The van der Waals surface area contributed by atoms with Crippen molar-refractivity contribution in [2.24, 2.45) is 0 Å². The van der Waals surface area contributed by atoms with E-state index in [1.165, 1.54) is 18.2 Å². The normalized spacial score (nSPS) is 19.4. The topological polar surface area (TPSA) is 72.9 Å². The molecule has 0 radical (unpaired) electrons. The number of anilines is 1. The Morgan fingerprint density at radius 2 is 2.10 bits per heavy atom. The Morgan fingerprint density at radius 1 is 1.38 bits per heavy atom. The van der Waals surface area contributed by atoms with Gasteiger partial charge in [0, 0.05) is 31.4 Å². The van der Waals surface area contributed by atoms with Crippen molar-refractivity contribution in [3.63, 3.8) is 0 Å². The molecule has 1 fully saturated rings. The SMILES string of the molecule is CC1CN(C(=O)Nc2ccc(C(=O)O)c(Cl)c2)CCN1C. The lowest BCUT2D eigenvalue weighted by Gasteiger charge is -2.37. The minimum Gasteiger partial charge on any atom is -0.478 e. The maximum atomic E-state index is 12.2. The van der Waals surface area contributed by atoms with Crippen molar-refractivity contribution in [1.29, 1.82) is 0 Å². The van der Waals surface area contributed by atoms with E-state index in [2.05, 4.69) is 17.1 Å². The van der Waals surface area contributed by atoms with Gasteiger partial charge in [0.2, 0.25) is 0 Å². The molecule has 7 heteroatoms. The third-order valence-electron chi connectivity index (χ3n) is 3.70. The summed E-state index contributed by atoms with van der Waals surface area (Å²) in [5, 5.41) is 11.8. The molecule has 1 aliphatic rings. The van der Waals surface area contributed by atoms with Gasteiger partial charge in [0.05, 0.1) is 10.6 Å². The average molecular weight is 312 g/mol. The molecule has 21 heavy (non-hydrogen) atoms. The van der Waals surface area contributed by atoms with Gasteiger partial charge in [-0.1, -0.05) is 11.6 Å². The summed E-state index contributed by atoms with van der Waals surface area (Å²) in [5.74, 6) is -1.09. The van der Waals surface area contributed by atoms with E-state index in [0.29, 0.717) is 24.8 Å². The fourth-order valence-electron chi connectivity index (χ4n) is 2.20. The molecule has 2 N–H and O–H groups in total. The molecule has 1 atom stereocenters. The van der Waals surface area contributed by atoms with Gasteiger partial charge in [-0.05, 0) is 32.2 Å². The second-order valence-electron chi connectivity index (χ2n) is 5.21. The molecule has 1 unspecified atom stereocenters. The number of aromatic carboxylic acids is 1. The smallest absolute Gasteiger partial charge is 0.337 e. The summed E-state index contributed by atoms with van der Waals surface area (Å²) in [7, 11) is 2.03. The maximum Gasteiger partial charge on any atom is 0.337 e. The zero-order valence-corrected chi connectivity index (χ0v) is 12.7. The summed E-state index contributed by atoms with van der Waals surface area (Å²) in [4.78, 5) is 27.0. The molecule has 2 rings (SSSR count). The summed E-state index contributed by atoms with van der Waals surface area (Å²) in [6, 6.07) is 4.47. The van der Waals surface area contributed by atoms with E-state index in [-0.39, 0.29) is 16.6 Å². The number of hydrogen-bond acceptors (Lipinski definition) is 3. The number of amides is 2. The number of urea groups is 1. The molecule has 2 amide bonds. The Morgan fingerprint density at radius 3 is 2.67 bits per heavy atom. The van der Waals surface area contributed by atoms with Crippen molar-refractivity contribution >= 4 is 29.3 Å². The van der Waals surface area contributed by atoms with Gasteiger partial charge in [-0.25, -0.2) is 9.59 Å². The van der Waals surface area contributed by atoms with Crippen LogP contribution in [0.2, 0.25) is 5.02 Å². The molecule has 1 saturated heterocycles. The number of halogens is 1. The van der Waals surface area contributed by atoms with Gasteiger partial charge >= 0.3 is 12.0 Å². The van der Waals surface area contributed by atoms with E-state index >= 15 is 0 Å². The molecule has 1 aromatic rings. The van der Waals surface area contributed by atoms with Crippen LogP contribution in [-0.4, -0.2) is 59.6 Å². The van der Waals surface area contributed by atoms with Crippen molar-refractivity contribution in [2.75, 3.05) is 32.0 Å². The summed E-state index contributed by atoms with van der Waals surface area (Å²) in [5.41, 5.74) is 0.504. The number of nitrogens with zero attached hydrogens (tertiary/aromatic N) is 2. The quantitative estimate of drug-likeness (QED) is 0.878. The van der Waals surface area contributed by atoms with E-state index in [4.69, 9.17) is 16.7 Å². The lowest BCUT2D eigenvalue weighted by Crippen LogP contribution is -2.53. The van der Waals surface area contributed by atoms with Crippen LogP contribution in [0.5, 0.6) is 0 Å². The van der Waals surface area contributed by atoms with Crippen LogP contribution in [0, 0.1) is 0 Å². The minimum atomic E-state index is -1.09. The molecule has 1 aromatic carbocycles. The molecule has 1 aliphatic heterocycles.